The fourth-order valence-corrected chi connectivity index (χ4v) is 2.90. The average Bonchev–Trinajstić information content (AvgIpc) is 1.99. The van der Waals surface area contributed by atoms with Crippen molar-refractivity contribution in [2.75, 3.05) is 13.1 Å². The number of hydrogen-bond acceptors (Lipinski definition) is 2. The fourth-order valence-electron chi connectivity index (χ4n) is 1.41. The van der Waals surface area contributed by atoms with E-state index in [0.29, 0.717) is 6.42 Å². The van der Waals surface area contributed by atoms with Crippen LogP contribution in [-0.2, 0) is 0 Å². The van der Waals surface area contributed by atoms with Crippen molar-refractivity contribution in [1.82, 2.24) is 0 Å². The van der Waals surface area contributed by atoms with Gasteiger partial charge in [0.05, 0.1) is 0 Å². The summed E-state index contributed by atoms with van der Waals surface area (Å²) in [7, 11) is 0. The van der Waals surface area contributed by atoms with Gasteiger partial charge in [-0.05, 0) is 6.42 Å². The predicted octanol–water partition coefficient (Wildman–Crippen LogP) is 1.64. The first-order chi connectivity index (χ1) is 5.33. The van der Waals surface area contributed by atoms with Crippen LogP contribution in [0.15, 0.2) is 0 Å². The van der Waals surface area contributed by atoms with E-state index in [9.17, 15) is 0 Å². The lowest BCUT2D eigenvalue weighted by atomic mass is 9.67. The van der Waals surface area contributed by atoms with E-state index in [1.807, 2.05) is 0 Å². The molecule has 0 aromatic carbocycles. The van der Waals surface area contributed by atoms with Crippen LogP contribution in [0.3, 0.4) is 0 Å². The zero-order valence-electron chi connectivity index (χ0n) is 6.29. The zero-order valence-corrected chi connectivity index (χ0v) is 9.31. The lowest BCUT2D eigenvalue weighted by Gasteiger charge is -2.59. The molecule has 0 saturated heterocycles. The van der Waals surface area contributed by atoms with Gasteiger partial charge in [-0.3, -0.25) is 0 Å². The molecule has 1 fully saturated rings. The highest BCUT2D eigenvalue weighted by atomic mass is 35.5. The summed E-state index contributed by atoms with van der Waals surface area (Å²) < 4.78 is -2.37. The van der Waals surface area contributed by atoms with Crippen LogP contribution < -0.4 is 11.5 Å². The van der Waals surface area contributed by atoms with Crippen LogP contribution in [-0.4, -0.2) is 21.8 Å². The van der Waals surface area contributed by atoms with Crippen LogP contribution >= 0.6 is 46.4 Å². The van der Waals surface area contributed by atoms with Crippen molar-refractivity contribution < 1.29 is 0 Å². The SMILES string of the molecule is NCC1(CN)CC(Cl)(Cl)C1(Cl)Cl. The van der Waals surface area contributed by atoms with Gasteiger partial charge in [0, 0.05) is 18.5 Å². The maximum Gasteiger partial charge on any atom is 0.159 e. The van der Waals surface area contributed by atoms with Gasteiger partial charge in [0.1, 0.15) is 0 Å². The first-order valence-corrected chi connectivity index (χ1v) is 5.00. The van der Waals surface area contributed by atoms with E-state index in [-0.39, 0.29) is 13.1 Å². The number of hydrogen-bond donors (Lipinski definition) is 2. The summed E-state index contributed by atoms with van der Waals surface area (Å²) >= 11 is 23.6. The highest BCUT2D eigenvalue weighted by Crippen LogP contribution is 2.67. The van der Waals surface area contributed by atoms with E-state index >= 15 is 0 Å². The Hall–Kier alpha value is 1.08. The molecule has 6 heteroatoms. The highest BCUT2D eigenvalue weighted by molar-refractivity contribution is 6.64. The average molecular weight is 252 g/mol. The highest BCUT2D eigenvalue weighted by Gasteiger charge is 2.71. The van der Waals surface area contributed by atoms with E-state index in [1.54, 1.807) is 0 Å². The van der Waals surface area contributed by atoms with Gasteiger partial charge in [-0.2, -0.15) is 0 Å². The van der Waals surface area contributed by atoms with Crippen LogP contribution in [0.4, 0.5) is 0 Å². The number of alkyl halides is 4. The molecular weight excluding hydrogens is 242 g/mol. The molecule has 72 valence electrons. The molecule has 0 unspecified atom stereocenters. The van der Waals surface area contributed by atoms with Gasteiger partial charge in [-0.15, -0.1) is 0 Å². The minimum Gasteiger partial charge on any atom is -0.330 e. The Morgan fingerprint density at radius 1 is 1.00 bits per heavy atom. The van der Waals surface area contributed by atoms with E-state index in [2.05, 4.69) is 0 Å². The van der Waals surface area contributed by atoms with Crippen LogP contribution in [0.25, 0.3) is 0 Å². The largest absolute Gasteiger partial charge is 0.330 e. The van der Waals surface area contributed by atoms with Crippen molar-refractivity contribution in [3.8, 4) is 0 Å². The normalized spacial score (nSPS) is 29.5. The van der Waals surface area contributed by atoms with Crippen molar-refractivity contribution in [2.24, 2.45) is 16.9 Å². The van der Waals surface area contributed by atoms with Crippen molar-refractivity contribution in [3.05, 3.63) is 0 Å². The second kappa shape index (κ2) is 3.04. The predicted molar refractivity (Wildman–Crippen MR) is 54.0 cm³/mol. The van der Waals surface area contributed by atoms with Gasteiger partial charge in [-0.25, -0.2) is 0 Å². The smallest absolute Gasteiger partial charge is 0.159 e. The van der Waals surface area contributed by atoms with Crippen LogP contribution in [0, 0.1) is 5.41 Å². The first kappa shape index (κ1) is 11.2. The van der Waals surface area contributed by atoms with E-state index < -0.39 is 14.1 Å². The summed E-state index contributed by atoms with van der Waals surface area (Å²) in [5, 5.41) is 0. The minimum atomic E-state index is -1.24. The molecule has 2 nitrogen and oxygen atoms in total. The standard InChI is InChI=1S/C6H10Cl4N2/c7-5(8)1-4(2-11,3-12)6(5,9)10/h1-3,11-12H2. The molecule has 0 bridgehead atoms. The Balaban J connectivity index is 2.88. The van der Waals surface area contributed by atoms with Gasteiger partial charge >= 0.3 is 0 Å². The lowest BCUT2D eigenvalue weighted by molar-refractivity contribution is 0.121. The first-order valence-electron chi connectivity index (χ1n) is 3.49. The molecule has 0 atom stereocenters. The van der Waals surface area contributed by atoms with Crippen molar-refractivity contribution in [1.29, 1.82) is 0 Å². The third kappa shape index (κ3) is 1.17. The number of halogens is 4. The molecule has 0 aromatic heterocycles. The Labute approximate surface area is 91.5 Å². The third-order valence-electron chi connectivity index (χ3n) is 2.47. The summed E-state index contributed by atoms with van der Waals surface area (Å²) in [5.74, 6) is 0. The Bertz CT molecular complexity index is 188. The molecule has 1 saturated carbocycles. The van der Waals surface area contributed by atoms with Crippen molar-refractivity contribution in [2.45, 2.75) is 15.1 Å². The molecule has 4 N–H and O–H groups in total. The molecule has 0 spiro atoms. The van der Waals surface area contributed by atoms with Gasteiger partial charge in [0.2, 0.25) is 0 Å². The Kier molecular flexibility index (Phi) is 2.83. The maximum absolute atomic E-state index is 5.96. The molecule has 0 aliphatic heterocycles. The van der Waals surface area contributed by atoms with Gasteiger partial charge in [0.25, 0.3) is 0 Å². The quantitative estimate of drug-likeness (QED) is 0.734. The van der Waals surface area contributed by atoms with Gasteiger partial charge in [-0.1, -0.05) is 46.4 Å². The molecule has 0 heterocycles. The molecular formula is C6H10Cl4N2. The molecule has 0 aromatic rings. The van der Waals surface area contributed by atoms with E-state index in [1.165, 1.54) is 0 Å². The van der Waals surface area contributed by atoms with Crippen LogP contribution in [0.2, 0.25) is 0 Å². The third-order valence-corrected chi connectivity index (χ3v) is 5.14. The van der Waals surface area contributed by atoms with Crippen LogP contribution in [0.5, 0.6) is 0 Å². The maximum atomic E-state index is 5.96. The minimum absolute atomic E-state index is 0.289. The zero-order chi connectivity index (χ0) is 9.62. The van der Waals surface area contributed by atoms with Crippen molar-refractivity contribution >= 4 is 46.4 Å². The summed E-state index contributed by atoms with van der Waals surface area (Å²) in [5.41, 5.74) is 10.5. The van der Waals surface area contributed by atoms with Gasteiger partial charge in [0.15, 0.2) is 8.67 Å². The van der Waals surface area contributed by atoms with E-state index in [0.717, 1.165) is 0 Å². The molecule has 0 amide bonds. The second-order valence-corrected chi connectivity index (χ2v) is 5.96. The Morgan fingerprint density at radius 2 is 1.42 bits per heavy atom. The molecule has 12 heavy (non-hydrogen) atoms. The summed E-state index contributed by atoms with van der Waals surface area (Å²) in [6.07, 6.45) is 0.434. The monoisotopic (exact) mass is 250 g/mol. The summed E-state index contributed by atoms with van der Waals surface area (Å²) in [4.78, 5) is 0. The Morgan fingerprint density at radius 3 is 1.50 bits per heavy atom. The number of rotatable bonds is 2. The topological polar surface area (TPSA) is 52.0 Å². The van der Waals surface area contributed by atoms with Crippen LogP contribution in [0.1, 0.15) is 6.42 Å². The fraction of sp³-hybridized carbons (Fsp3) is 1.00. The molecule has 1 aliphatic rings. The van der Waals surface area contributed by atoms with Crippen molar-refractivity contribution in [3.63, 3.8) is 0 Å². The van der Waals surface area contributed by atoms with E-state index in [4.69, 9.17) is 57.9 Å². The number of nitrogens with two attached hydrogens (primary N) is 2. The molecule has 1 rings (SSSR count). The molecule has 1 aliphatic carbocycles. The molecule has 0 radical (unpaired) electrons. The lowest BCUT2D eigenvalue weighted by Crippen LogP contribution is -2.69. The van der Waals surface area contributed by atoms with Gasteiger partial charge < -0.3 is 11.5 Å². The summed E-state index contributed by atoms with van der Waals surface area (Å²) in [6.45, 7) is 0.579. The second-order valence-electron chi connectivity index (χ2n) is 3.14. The summed E-state index contributed by atoms with van der Waals surface area (Å²) in [6, 6.07) is 0.